The second kappa shape index (κ2) is 4.57. The summed E-state index contributed by atoms with van der Waals surface area (Å²) in [5, 5.41) is 0. The lowest BCUT2D eigenvalue weighted by atomic mass is 10.0. The van der Waals surface area contributed by atoms with Gasteiger partial charge < -0.3 is 10.5 Å². The van der Waals surface area contributed by atoms with Gasteiger partial charge in [0.25, 0.3) is 0 Å². The van der Waals surface area contributed by atoms with Gasteiger partial charge in [-0.15, -0.1) is 0 Å². The van der Waals surface area contributed by atoms with Gasteiger partial charge in [0, 0.05) is 16.9 Å². The van der Waals surface area contributed by atoms with Crippen LogP contribution in [0.25, 0.3) is 0 Å². The highest BCUT2D eigenvalue weighted by Gasteiger charge is 2.17. The van der Waals surface area contributed by atoms with Gasteiger partial charge in [-0.25, -0.2) is 9.97 Å². The molecule has 15 heavy (non-hydrogen) atoms. The van der Waals surface area contributed by atoms with E-state index < -0.39 is 0 Å². The van der Waals surface area contributed by atoms with Crippen LogP contribution in [0.3, 0.4) is 0 Å². The lowest BCUT2D eigenvalue weighted by molar-refractivity contribution is 0.210. The third-order valence-electron chi connectivity index (χ3n) is 2.30. The molecule has 1 atom stereocenters. The molecule has 0 aliphatic heterocycles. The predicted octanol–water partition coefficient (Wildman–Crippen LogP) is 1.60. The summed E-state index contributed by atoms with van der Waals surface area (Å²) >= 11 is 0. The van der Waals surface area contributed by atoms with Gasteiger partial charge in [0.2, 0.25) is 0 Å². The molecule has 1 heterocycles. The van der Waals surface area contributed by atoms with E-state index in [-0.39, 0.29) is 5.54 Å². The quantitative estimate of drug-likeness (QED) is 0.818. The molecule has 1 aromatic heterocycles. The van der Waals surface area contributed by atoms with E-state index in [2.05, 4.69) is 9.97 Å². The zero-order valence-electron chi connectivity index (χ0n) is 9.87. The van der Waals surface area contributed by atoms with E-state index in [0.29, 0.717) is 12.6 Å². The molecule has 0 spiro atoms. The van der Waals surface area contributed by atoms with E-state index >= 15 is 0 Å². The summed E-state index contributed by atoms with van der Waals surface area (Å²) in [6, 6.07) is 2.33. The first-order valence-corrected chi connectivity index (χ1v) is 5.17. The van der Waals surface area contributed by atoms with Gasteiger partial charge in [-0.05, 0) is 33.3 Å². The third-order valence-corrected chi connectivity index (χ3v) is 2.30. The molecule has 4 nitrogen and oxygen atoms in total. The first-order chi connectivity index (χ1) is 6.93. The highest BCUT2D eigenvalue weighted by molar-refractivity contribution is 5.11. The molecule has 84 valence electrons. The van der Waals surface area contributed by atoms with Gasteiger partial charge in [0.15, 0.2) is 0 Å². The molecular formula is C11H19N3O. The summed E-state index contributed by atoms with van der Waals surface area (Å²) in [5.41, 5.74) is 7.46. The Hall–Kier alpha value is -1.16. The Bertz CT molecular complexity index is 316. The summed E-state index contributed by atoms with van der Waals surface area (Å²) in [5.74, 6) is 0. The van der Waals surface area contributed by atoms with Crippen LogP contribution in [0.2, 0.25) is 0 Å². The monoisotopic (exact) mass is 209 g/mol. The molecule has 2 N–H and O–H groups in total. The van der Waals surface area contributed by atoms with E-state index in [4.69, 9.17) is 10.5 Å². The van der Waals surface area contributed by atoms with Crippen molar-refractivity contribution in [3.05, 3.63) is 17.5 Å². The van der Waals surface area contributed by atoms with Gasteiger partial charge in [-0.2, -0.15) is 0 Å². The summed E-state index contributed by atoms with van der Waals surface area (Å²) < 4.78 is 5.48. The van der Waals surface area contributed by atoms with Crippen molar-refractivity contribution in [1.29, 1.82) is 0 Å². The number of rotatable bonds is 4. The van der Waals surface area contributed by atoms with E-state index in [1.165, 1.54) is 0 Å². The summed E-state index contributed by atoms with van der Waals surface area (Å²) in [7, 11) is 0. The van der Waals surface area contributed by atoms with E-state index in [9.17, 15) is 0 Å². The number of aryl methyl sites for hydroxylation is 2. The van der Waals surface area contributed by atoms with Crippen molar-refractivity contribution in [2.75, 3.05) is 6.61 Å². The Labute approximate surface area is 90.9 Å². The first kappa shape index (κ1) is 11.9. The van der Waals surface area contributed by atoms with Crippen LogP contribution in [-0.4, -0.2) is 22.1 Å². The van der Waals surface area contributed by atoms with E-state index in [0.717, 1.165) is 17.8 Å². The maximum atomic E-state index is 5.96. The van der Waals surface area contributed by atoms with Crippen LogP contribution in [0.5, 0.6) is 6.01 Å². The summed E-state index contributed by atoms with van der Waals surface area (Å²) in [6.07, 6.45) is 0.859. The second-order valence-electron chi connectivity index (χ2n) is 4.23. The van der Waals surface area contributed by atoms with Crippen LogP contribution in [0.15, 0.2) is 6.07 Å². The molecule has 0 aromatic carbocycles. The Kier molecular flexibility index (Phi) is 3.63. The van der Waals surface area contributed by atoms with Crippen molar-refractivity contribution in [2.45, 2.75) is 39.7 Å². The number of aromatic nitrogens is 2. The Morgan fingerprint density at radius 2 is 1.87 bits per heavy atom. The maximum Gasteiger partial charge on any atom is 0.316 e. The third kappa shape index (κ3) is 3.83. The fourth-order valence-electron chi connectivity index (χ4n) is 1.09. The average molecular weight is 209 g/mol. The summed E-state index contributed by atoms with van der Waals surface area (Å²) in [4.78, 5) is 8.36. The normalized spacial score (nSPS) is 14.7. The van der Waals surface area contributed by atoms with Crippen LogP contribution in [-0.2, 0) is 0 Å². The highest BCUT2D eigenvalue weighted by atomic mass is 16.5. The molecule has 0 aliphatic carbocycles. The molecule has 0 saturated carbocycles. The lowest BCUT2D eigenvalue weighted by Crippen LogP contribution is -2.41. The zero-order chi connectivity index (χ0) is 11.5. The average Bonchev–Trinajstić information content (AvgIpc) is 2.14. The maximum absolute atomic E-state index is 5.96. The molecule has 0 saturated heterocycles. The topological polar surface area (TPSA) is 61.0 Å². The molecular weight excluding hydrogens is 190 g/mol. The zero-order valence-corrected chi connectivity index (χ0v) is 9.87. The Morgan fingerprint density at radius 3 is 2.33 bits per heavy atom. The fourth-order valence-corrected chi connectivity index (χ4v) is 1.09. The number of ether oxygens (including phenoxy) is 1. The van der Waals surface area contributed by atoms with Crippen LogP contribution < -0.4 is 10.5 Å². The predicted molar refractivity (Wildman–Crippen MR) is 59.9 cm³/mol. The fraction of sp³-hybridized carbons (Fsp3) is 0.636. The minimum atomic E-state index is -0.318. The molecule has 1 rings (SSSR count). The minimum Gasteiger partial charge on any atom is -0.462 e. The van der Waals surface area contributed by atoms with Gasteiger partial charge in [-0.1, -0.05) is 6.92 Å². The molecule has 0 fully saturated rings. The van der Waals surface area contributed by atoms with Crippen LogP contribution in [0.4, 0.5) is 0 Å². The van der Waals surface area contributed by atoms with E-state index in [1.54, 1.807) is 0 Å². The molecule has 0 bridgehead atoms. The van der Waals surface area contributed by atoms with Crippen molar-refractivity contribution in [3.63, 3.8) is 0 Å². The van der Waals surface area contributed by atoms with Gasteiger partial charge >= 0.3 is 6.01 Å². The summed E-state index contributed by atoms with van der Waals surface area (Å²) in [6.45, 7) is 8.26. The molecule has 4 heteroatoms. The van der Waals surface area contributed by atoms with Crippen molar-refractivity contribution in [1.82, 2.24) is 9.97 Å². The SMILES string of the molecule is CCC(C)(N)COc1nc(C)cc(C)n1. The number of nitrogens with zero attached hydrogens (tertiary/aromatic N) is 2. The molecule has 1 unspecified atom stereocenters. The van der Waals surface area contributed by atoms with Crippen molar-refractivity contribution < 1.29 is 4.74 Å². The van der Waals surface area contributed by atoms with Crippen molar-refractivity contribution in [2.24, 2.45) is 5.73 Å². The van der Waals surface area contributed by atoms with Crippen molar-refractivity contribution in [3.8, 4) is 6.01 Å². The molecule has 0 amide bonds. The number of hydrogen-bond donors (Lipinski definition) is 1. The molecule has 0 radical (unpaired) electrons. The van der Waals surface area contributed by atoms with Crippen LogP contribution >= 0.6 is 0 Å². The highest BCUT2D eigenvalue weighted by Crippen LogP contribution is 2.10. The lowest BCUT2D eigenvalue weighted by Gasteiger charge is -2.21. The standard InChI is InChI=1S/C11H19N3O/c1-5-11(4,12)7-15-10-13-8(2)6-9(3)14-10/h6H,5,7,12H2,1-4H3. The molecule has 1 aromatic rings. The van der Waals surface area contributed by atoms with Crippen molar-refractivity contribution >= 4 is 0 Å². The largest absolute Gasteiger partial charge is 0.462 e. The Morgan fingerprint density at radius 1 is 1.33 bits per heavy atom. The smallest absolute Gasteiger partial charge is 0.316 e. The number of nitrogens with two attached hydrogens (primary N) is 1. The minimum absolute atomic E-state index is 0.318. The van der Waals surface area contributed by atoms with E-state index in [1.807, 2.05) is 33.8 Å². The number of hydrogen-bond acceptors (Lipinski definition) is 4. The van der Waals surface area contributed by atoms with Crippen LogP contribution in [0.1, 0.15) is 31.7 Å². The van der Waals surface area contributed by atoms with Gasteiger partial charge in [0.1, 0.15) is 6.61 Å². The van der Waals surface area contributed by atoms with Gasteiger partial charge in [-0.3, -0.25) is 0 Å². The Balaban J connectivity index is 2.65. The van der Waals surface area contributed by atoms with Crippen LogP contribution in [0, 0.1) is 13.8 Å². The second-order valence-corrected chi connectivity index (χ2v) is 4.23. The van der Waals surface area contributed by atoms with Gasteiger partial charge in [0.05, 0.1) is 0 Å². The first-order valence-electron chi connectivity index (χ1n) is 5.17. The molecule has 0 aliphatic rings.